The van der Waals surface area contributed by atoms with E-state index in [1.54, 1.807) is 7.11 Å². The first-order valence-electron chi connectivity index (χ1n) is 8.74. The molecule has 1 atom stereocenters. The summed E-state index contributed by atoms with van der Waals surface area (Å²) in [6, 6.07) is 0. The van der Waals surface area contributed by atoms with Crippen molar-refractivity contribution in [3.8, 4) is 0 Å². The third-order valence-electron chi connectivity index (χ3n) is 4.60. The van der Waals surface area contributed by atoms with Gasteiger partial charge in [-0.1, -0.05) is 0 Å². The lowest BCUT2D eigenvalue weighted by molar-refractivity contribution is -0.0433. The van der Waals surface area contributed by atoms with Crippen LogP contribution in [0.25, 0.3) is 0 Å². The molecular formula is C17H28N4O2. The zero-order valence-corrected chi connectivity index (χ0v) is 14.1. The quantitative estimate of drug-likeness (QED) is 0.795. The predicted octanol–water partition coefficient (Wildman–Crippen LogP) is 1.70. The zero-order chi connectivity index (χ0) is 15.9. The van der Waals surface area contributed by atoms with Crippen LogP contribution < -0.4 is 4.90 Å². The highest BCUT2D eigenvalue weighted by atomic mass is 16.5. The summed E-state index contributed by atoms with van der Waals surface area (Å²) in [6.45, 7) is 6.54. The molecule has 6 heteroatoms. The largest absolute Gasteiger partial charge is 0.385 e. The van der Waals surface area contributed by atoms with E-state index in [1.165, 1.54) is 24.8 Å². The molecule has 0 bridgehead atoms. The maximum absolute atomic E-state index is 5.79. The van der Waals surface area contributed by atoms with Gasteiger partial charge in [-0.25, -0.2) is 9.97 Å². The smallest absolute Gasteiger partial charge is 0.225 e. The first-order chi connectivity index (χ1) is 11.3. The van der Waals surface area contributed by atoms with Gasteiger partial charge in [-0.05, 0) is 25.7 Å². The number of nitrogens with zero attached hydrogens (tertiary/aromatic N) is 4. The van der Waals surface area contributed by atoms with Crippen molar-refractivity contribution in [3.63, 3.8) is 0 Å². The number of hydrogen-bond acceptors (Lipinski definition) is 6. The summed E-state index contributed by atoms with van der Waals surface area (Å²) < 4.78 is 10.9. The van der Waals surface area contributed by atoms with Crippen molar-refractivity contribution < 1.29 is 9.47 Å². The maximum Gasteiger partial charge on any atom is 0.225 e. The third-order valence-corrected chi connectivity index (χ3v) is 4.60. The average molecular weight is 320 g/mol. The number of aromatic nitrogens is 2. The van der Waals surface area contributed by atoms with Crippen LogP contribution in [0.5, 0.6) is 0 Å². The molecule has 0 aliphatic carbocycles. The first kappa shape index (κ1) is 16.6. The van der Waals surface area contributed by atoms with Gasteiger partial charge in [-0.2, -0.15) is 0 Å². The summed E-state index contributed by atoms with van der Waals surface area (Å²) >= 11 is 0. The molecule has 0 spiro atoms. The standard InChI is InChI=1S/C17H28N4O2/c1-22-9-5-16-14-20(8-10-23-16)13-15-11-18-17(19-12-15)21-6-3-2-4-7-21/h11-12,16H,2-10,13-14H2,1H3/t16-/m0/s1. The molecule has 23 heavy (non-hydrogen) atoms. The Hall–Kier alpha value is -1.24. The van der Waals surface area contributed by atoms with Crippen LogP contribution in [-0.4, -0.2) is 67.5 Å². The fourth-order valence-electron chi connectivity index (χ4n) is 3.29. The van der Waals surface area contributed by atoms with E-state index in [4.69, 9.17) is 9.47 Å². The molecule has 128 valence electrons. The SMILES string of the molecule is COCC[C@H]1CN(Cc2cnc(N3CCCCC3)nc2)CCO1. The molecule has 0 radical (unpaired) electrons. The fourth-order valence-corrected chi connectivity index (χ4v) is 3.29. The van der Waals surface area contributed by atoms with Gasteiger partial charge in [0.15, 0.2) is 0 Å². The molecule has 3 rings (SSSR count). The monoisotopic (exact) mass is 320 g/mol. The van der Waals surface area contributed by atoms with E-state index in [1.807, 2.05) is 12.4 Å². The highest BCUT2D eigenvalue weighted by Crippen LogP contribution is 2.16. The summed E-state index contributed by atoms with van der Waals surface area (Å²) in [5.74, 6) is 0.883. The van der Waals surface area contributed by atoms with E-state index < -0.39 is 0 Å². The Morgan fingerprint density at radius 2 is 1.96 bits per heavy atom. The normalized spacial score (nSPS) is 23.2. The Bertz CT molecular complexity index is 462. The number of piperidine rings is 1. The molecule has 6 nitrogen and oxygen atoms in total. The molecule has 0 N–H and O–H groups in total. The Morgan fingerprint density at radius 1 is 1.17 bits per heavy atom. The molecule has 2 fully saturated rings. The second kappa shape index (κ2) is 8.57. The van der Waals surface area contributed by atoms with Crippen molar-refractivity contribution in [3.05, 3.63) is 18.0 Å². The van der Waals surface area contributed by atoms with Crippen LogP contribution in [0.4, 0.5) is 5.95 Å². The van der Waals surface area contributed by atoms with Crippen LogP contribution >= 0.6 is 0 Å². The lowest BCUT2D eigenvalue weighted by Crippen LogP contribution is -2.42. The lowest BCUT2D eigenvalue weighted by atomic mass is 10.1. The Kier molecular flexibility index (Phi) is 6.19. The van der Waals surface area contributed by atoms with Crippen molar-refractivity contribution in [2.75, 3.05) is 51.4 Å². The number of anilines is 1. The summed E-state index contributed by atoms with van der Waals surface area (Å²) in [7, 11) is 1.74. The minimum Gasteiger partial charge on any atom is -0.385 e. The van der Waals surface area contributed by atoms with E-state index >= 15 is 0 Å². The second-order valence-corrected chi connectivity index (χ2v) is 6.45. The van der Waals surface area contributed by atoms with Gasteiger partial charge < -0.3 is 14.4 Å². The fraction of sp³-hybridized carbons (Fsp3) is 0.765. The van der Waals surface area contributed by atoms with Crippen LogP contribution in [0, 0.1) is 0 Å². The van der Waals surface area contributed by atoms with E-state index in [0.717, 1.165) is 58.3 Å². The maximum atomic E-state index is 5.79. The van der Waals surface area contributed by atoms with Crippen LogP contribution in [0.3, 0.4) is 0 Å². The molecule has 1 aromatic heterocycles. The van der Waals surface area contributed by atoms with Gasteiger partial charge in [0.1, 0.15) is 0 Å². The van der Waals surface area contributed by atoms with E-state index in [-0.39, 0.29) is 6.10 Å². The van der Waals surface area contributed by atoms with Crippen molar-refractivity contribution in [2.24, 2.45) is 0 Å². The van der Waals surface area contributed by atoms with Crippen molar-refractivity contribution >= 4 is 5.95 Å². The summed E-state index contributed by atoms with van der Waals surface area (Å²) in [6.07, 6.45) is 9.03. The number of rotatable bonds is 6. The van der Waals surface area contributed by atoms with Crippen molar-refractivity contribution in [1.29, 1.82) is 0 Å². The zero-order valence-electron chi connectivity index (χ0n) is 14.1. The van der Waals surface area contributed by atoms with Crippen LogP contribution in [0.2, 0.25) is 0 Å². The topological polar surface area (TPSA) is 50.7 Å². The average Bonchev–Trinajstić information content (AvgIpc) is 2.62. The predicted molar refractivity (Wildman–Crippen MR) is 89.6 cm³/mol. The molecule has 3 heterocycles. The van der Waals surface area contributed by atoms with Crippen LogP contribution in [0.15, 0.2) is 12.4 Å². The van der Waals surface area contributed by atoms with Gasteiger partial charge in [-0.3, -0.25) is 4.90 Å². The van der Waals surface area contributed by atoms with Gasteiger partial charge in [0.05, 0.1) is 12.7 Å². The lowest BCUT2D eigenvalue weighted by Gasteiger charge is -2.32. The third kappa shape index (κ3) is 4.86. The Balaban J connectivity index is 1.51. The molecule has 0 saturated carbocycles. The molecule has 0 unspecified atom stereocenters. The van der Waals surface area contributed by atoms with E-state index in [2.05, 4.69) is 19.8 Å². The molecule has 0 aromatic carbocycles. The van der Waals surface area contributed by atoms with Crippen LogP contribution in [-0.2, 0) is 16.0 Å². The molecule has 1 aromatic rings. The summed E-state index contributed by atoms with van der Waals surface area (Å²) in [5.41, 5.74) is 1.18. The van der Waals surface area contributed by atoms with Gasteiger partial charge in [0, 0.05) is 64.4 Å². The molecule has 0 amide bonds. The summed E-state index contributed by atoms with van der Waals surface area (Å²) in [4.78, 5) is 13.9. The number of ether oxygens (including phenoxy) is 2. The first-order valence-corrected chi connectivity index (χ1v) is 8.74. The second-order valence-electron chi connectivity index (χ2n) is 6.45. The molecule has 2 saturated heterocycles. The highest BCUT2D eigenvalue weighted by Gasteiger charge is 2.20. The van der Waals surface area contributed by atoms with Crippen LogP contribution in [0.1, 0.15) is 31.2 Å². The highest BCUT2D eigenvalue weighted by molar-refractivity contribution is 5.30. The minimum absolute atomic E-state index is 0.275. The number of morpholine rings is 1. The van der Waals surface area contributed by atoms with Gasteiger partial charge in [0.2, 0.25) is 5.95 Å². The van der Waals surface area contributed by atoms with E-state index in [0.29, 0.717) is 0 Å². The van der Waals surface area contributed by atoms with Crippen molar-refractivity contribution in [1.82, 2.24) is 14.9 Å². The number of hydrogen-bond donors (Lipinski definition) is 0. The Labute approximate surface area is 138 Å². The molecule has 2 aliphatic heterocycles. The molecular weight excluding hydrogens is 292 g/mol. The minimum atomic E-state index is 0.275. The van der Waals surface area contributed by atoms with Gasteiger partial charge >= 0.3 is 0 Å². The van der Waals surface area contributed by atoms with E-state index in [9.17, 15) is 0 Å². The van der Waals surface area contributed by atoms with Gasteiger partial charge in [-0.15, -0.1) is 0 Å². The summed E-state index contributed by atoms with van der Waals surface area (Å²) in [5, 5.41) is 0. The van der Waals surface area contributed by atoms with Crippen molar-refractivity contribution in [2.45, 2.75) is 38.3 Å². The Morgan fingerprint density at radius 3 is 2.70 bits per heavy atom. The van der Waals surface area contributed by atoms with Gasteiger partial charge in [0.25, 0.3) is 0 Å². The molecule has 2 aliphatic rings. The number of methoxy groups -OCH3 is 1.